The lowest BCUT2D eigenvalue weighted by Gasteiger charge is -2.21. The highest BCUT2D eigenvalue weighted by atomic mass is 32.1. The highest BCUT2D eigenvalue weighted by Gasteiger charge is 2.22. The fraction of sp³-hybridized carbons (Fsp3) is 0.529. The zero-order chi connectivity index (χ0) is 18.5. The number of ether oxygens (including phenoxy) is 2. The van der Waals surface area contributed by atoms with Crippen molar-refractivity contribution in [1.29, 1.82) is 0 Å². The average molecular weight is 354 g/mol. The number of anilines is 2. The van der Waals surface area contributed by atoms with Gasteiger partial charge in [0.15, 0.2) is 0 Å². The molecule has 0 saturated carbocycles. The molecule has 2 N–H and O–H groups in total. The summed E-state index contributed by atoms with van der Waals surface area (Å²) in [7, 11) is 0. The Balaban J connectivity index is 2.95. The third-order valence-corrected chi connectivity index (χ3v) is 3.47. The first-order valence-electron chi connectivity index (χ1n) is 7.62. The van der Waals surface area contributed by atoms with Crippen LogP contribution in [0.15, 0.2) is 18.0 Å². The Morgan fingerprint density at radius 1 is 1.08 bits per heavy atom. The fourth-order valence-electron chi connectivity index (χ4n) is 1.73. The van der Waals surface area contributed by atoms with Crippen molar-refractivity contribution in [2.24, 2.45) is 0 Å². The van der Waals surface area contributed by atoms with Crippen LogP contribution in [0, 0.1) is 0 Å². The Bertz CT molecular complexity index is 609. The number of carbonyl (C=O) groups excluding carboxylic acids is 2. The number of carbonyl (C=O) groups is 2. The predicted molar refractivity (Wildman–Crippen MR) is 97.9 cm³/mol. The maximum Gasteiger partial charge on any atom is 0.412 e. The van der Waals surface area contributed by atoms with Crippen molar-refractivity contribution >= 4 is 34.9 Å². The van der Waals surface area contributed by atoms with Gasteiger partial charge in [-0.15, -0.1) is 17.9 Å². The van der Waals surface area contributed by atoms with Crippen LogP contribution in [0.3, 0.4) is 0 Å². The average Bonchev–Trinajstić information content (AvgIpc) is 2.68. The lowest BCUT2D eigenvalue weighted by molar-refractivity contribution is 0.0621. The highest BCUT2D eigenvalue weighted by Crippen LogP contribution is 2.34. The van der Waals surface area contributed by atoms with Gasteiger partial charge in [0.1, 0.15) is 11.2 Å². The van der Waals surface area contributed by atoms with E-state index < -0.39 is 23.4 Å². The van der Waals surface area contributed by atoms with Gasteiger partial charge in [-0.2, -0.15) is 0 Å². The van der Waals surface area contributed by atoms with Gasteiger partial charge in [-0.3, -0.25) is 10.6 Å². The Kier molecular flexibility index (Phi) is 6.42. The summed E-state index contributed by atoms with van der Waals surface area (Å²) in [5.41, 5.74) is -0.253. The maximum absolute atomic E-state index is 12.1. The van der Waals surface area contributed by atoms with Gasteiger partial charge in [-0.05, 0) is 41.5 Å². The fourth-order valence-corrected chi connectivity index (χ4v) is 2.66. The van der Waals surface area contributed by atoms with Crippen molar-refractivity contribution in [3.8, 4) is 0 Å². The Hall–Kier alpha value is -2.02. The summed E-state index contributed by atoms with van der Waals surface area (Å²) in [6, 6.07) is 0. The van der Waals surface area contributed by atoms with E-state index >= 15 is 0 Å². The van der Waals surface area contributed by atoms with E-state index in [1.165, 1.54) is 11.3 Å². The van der Waals surface area contributed by atoms with Crippen LogP contribution < -0.4 is 10.6 Å². The molecule has 0 saturated heterocycles. The molecule has 1 heterocycles. The van der Waals surface area contributed by atoms with Crippen LogP contribution in [0.2, 0.25) is 0 Å². The topological polar surface area (TPSA) is 76.7 Å². The molecule has 7 heteroatoms. The molecule has 1 aromatic rings. The molecule has 0 aliphatic rings. The molecule has 2 amide bonds. The van der Waals surface area contributed by atoms with E-state index in [2.05, 4.69) is 17.2 Å². The molecule has 0 unspecified atom stereocenters. The third-order valence-electron chi connectivity index (χ3n) is 2.46. The highest BCUT2D eigenvalue weighted by molar-refractivity contribution is 7.11. The summed E-state index contributed by atoms with van der Waals surface area (Å²) >= 11 is 1.41. The van der Waals surface area contributed by atoms with Crippen LogP contribution in [-0.4, -0.2) is 23.4 Å². The van der Waals surface area contributed by atoms with E-state index in [4.69, 9.17) is 9.47 Å². The molecule has 6 nitrogen and oxygen atoms in total. The van der Waals surface area contributed by atoms with Crippen molar-refractivity contribution in [1.82, 2.24) is 0 Å². The molecule has 0 radical (unpaired) electrons. The molecule has 0 fully saturated rings. The minimum Gasteiger partial charge on any atom is -0.444 e. The second kappa shape index (κ2) is 7.70. The van der Waals surface area contributed by atoms with Gasteiger partial charge < -0.3 is 9.47 Å². The van der Waals surface area contributed by atoms with E-state index in [1.807, 2.05) is 0 Å². The largest absolute Gasteiger partial charge is 0.444 e. The van der Waals surface area contributed by atoms with Gasteiger partial charge in [-0.25, -0.2) is 9.59 Å². The van der Waals surface area contributed by atoms with Crippen LogP contribution in [0.4, 0.5) is 21.0 Å². The predicted octanol–water partition coefficient (Wildman–Crippen LogP) is 5.17. The zero-order valence-corrected chi connectivity index (χ0v) is 15.9. The van der Waals surface area contributed by atoms with Crippen molar-refractivity contribution in [2.75, 3.05) is 10.6 Å². The second-order valence-corrected chi connectivity index (χ2v) is 8.16. The van der Waals surface area contributed by atoms with Gasteiger partial charge >= 0.3 is 12.2 Å². The molecule has 134 valence electrons. The quantitative estimate of drug-likeness (QED) is 0.731. The first-order chi connectivity index (χ1) is 10.9. The van der Waals surface area contributed by atoms with Gasteiger partial charge in [0, 0.05) is 16.7 Å². The third kappa shape index (κ3) is 7.04. The number of allylic oxidation sites excluding steroid dienone is 1. The second-order valence-electron chi connectivity index (χ2n) is 7.19. The van der Waals surface area contributed by atoms with E-state index in [0.717, 1.165) is 4.88 Å². The van der Waals surface area contributed by atoms with Crippen molar-refractivity contribution < 1.29 is 19.1 Å². The number of hydrogen-bond acceptors (Lipinski definition) is 5. The number of thiophene rings is 1. The van der Waals surface area contributed by atoms with E-state index in [-0.39, 0.29) is 0 Å². The van der Waals surface area contributed by atoms with E-state index in [1.54, 1.807) is 53.0 Å². The molecular formula is C17H26N2O4S. The molecule has 1 rings (SSSR count). The van der Waals surface area contributed by atoms with Crippen LogP contribution in [0.25, 0.3) is 0 Å². The lowest BCUT2D eigenvalue weighted by Crippen LogP contribution is -2.29. The summed E-state index contributed by atoms with van der Waals surface area (Å²) in [4.78, 5) is 24.9. The smallest absolute Gasteiger partial charge is 0.412 e. The SMILES string of the molecule is C=CCc1scc(NC(=O)OC(C)(C)C)c1NC(=O)OC(C)(C)C. The minimum atomic E-state index is -0.614. The van der Waals surface area contributed by atoms with Gasteiger partial charge in [0.2, 0.25) is 0 Å². The summed E-state index contributed by atoms with van der Waals surface area (Å²) in [5, 5.41) is 7.10. The van der Waals surface area contributed by atoms with Crippen LogP contribution in [0.1, 0.15) is 46.4 Å². The summed E-state index contributed by atoms with van der Waals surface area (Å²) < 4.78 is 10.5. The van der Waals surface area contributed by atoms with Crippen LogP contribution in [0.5, 0.6) is 0 Å². The standard InChI is InChI=1S/C17H26N2O4S/c1-8-9-12-13(19-15(21)23-17(5,6)7)11(10-24-12)18-14(20)22-16(2,3)4/h8,10H,1,9H2,2-7H3,(H,18,20)(H,19,21). The lowest BCUT2D eigenvalue weighted by atomic mass is 10.2. The van der Waals surface area contributed by atoms with Crippen LogP contribution in [-0.2, 0) is 15.9 Å². The molecule has 0 bridgehead atoms. The van der Waals surface area contributed by atoms with Crippen LogP contribution >= 0.6 is 11.3 Å². The monoisotopic (exact) mass is 354 g/mol. The number of amides is 2. The zero-order valence-electron chi connectivity index (χ0n) is 15.1. The molecule has 0 spiro atoms. The van der Waals surface area contributed by atoms with Crippen molar-refractivity contribution in [3.05, 3.63) is 22.9 Å². The Morgan fingerprint density at radius 3 is 2.04 bits per heavy atom. The molecule has 1 aromatic heterocycles. The molecule has 0 aliphatic carbocycles. The first-order valence-corrected chi connectivity index (χ1v) is 8.50. The number of hydrogen-bond donors (Lipinski definition) is 2. The van der Waals surface area contributed by atoms with E-state index in [9.17, 15) is 9.59 Å². The maximum atomic E-state index is 12.1. The number of rotatable bonds is 4. The summed E-state index contributed by atoms with van der Waals surface area (Å²) in [6.45, 7) is 14.4. The van der Waals surface area contributed by atoms with E-state index in [0.29, 0.717) is 17.8 Å². The minimum absolute atomic E-state index is 0.469. The van der Waals surface area contributed by atoms with Gasteiger partial charge in [0.05, 0.1) is 11.4 Å². The Labute approximate surface area is 147 Å². The van der Waals surface area contributed by atoms with Gasteiger partial charge in [0.25, 0.3) is 0 Å². The molecule has 0 aromatic carbocycles. The Morgan fingerprint density at radius 2 is 1.58 bits per heavy atom. The van der Waals surface area contributed by atoms with Crippen molar-refractivity contribution in [3.63, 3.8) is 0 Å². The molecular weight excluding hydrogens is 328 g/mol. The number of nitrogens with one attached hydrogen (secondary N) is 2. The summed E-state index contributed by atoms with van der Waals surface area (Å²) in [6.07, 6.45) is 1.12. The summed E-state index contributed by atoms with van der Waals surface area (Å²) in [5.74, 6) is 0. The molecule has 24 heavy (non-hydrogen) atoms. The molecule has 0 atom stereocenters. The normalized spacial score (nSPS) is 11.6. The molecule has 0 aliphatic heterocycles. The van der Waals surface area contributed by atoms with Crippen molar-refractivity contribution in [2.45, 2.75) is 59.2 Å². The van der Waals surface area contributed by atoms with Gasteiger partial charge in [-0.1, -0.05) is 6.08 Å². The first kappa shape index (κ1) is 20.0.